The summed E-state index contributed by atoms with van der Waals surface area (Å²) in [7, 11) is 3.20. The van der Waals surface area contributed by atoms with Gasteiger partial charge in [0, 0.05) is 6.42 Å². The van der Waals surface area contributed by atoms with Gasteiger partial charge in [-0.1, -0.05) is 5.80 Å². The molecule has 0 unspecified atom stereocenters. The summed E-state index contributed by atoms with van der Waals surface area (Å²) >= 11 is 0. The van der Waals surface area contributed by atoms with Crippen LogP contribution in [0.4, 0.5) is 0 Å². The van der Waals surface area contributed by atoms with E-state index in [1.165, 1.54) is 0 Å². The quantitative estimate of drug-likeness (QED) is 0.347. The lowest BCUT2D eigenvalue weighted by atomic mass is 10.2. The summed E-state index contributed by atoms with van der Waals surface area (Å²) in [5.74, 6) is 1.76. The molecule has 0 amide bonds. The van der Waals surface area contributed by atoms with E-state index in [9.17, 15) is 4.79 Å². The van der Waals surface area contributed by atoms with Crippen LogP contribution in [-0.4, -0.2) is 18.4 Å². The Balaban J connectivity index is 3.13. The molecule has 0 N–H and O–H groups in total. The van der Waals surface area contributed by atoms with Crippen molar-refractivity contribution < 1.29 is 9.53 Å². The number of unbranched alkanes of at least 4 members (excludes halogenated alkanes) is 1. The minimum Gasteiger partial charge on any atom is -0.466 e. The van der Waals surface area contributed by atoms with Crippen LogP contribution < -0.4 is 0 Å². The van der Waals surface area contributed by atoms with Crippen LogP contribution in [0, 0.1) is 0 Å². The molecule has 0 atom stereocenters. The lowest BCUT2D eigenvalue weighted by molar-refractivity contribution is -0.143. The van der Waals surface area contributed by atoms with Gasteiger partial charge in [-0.05, 0) is 19.8 Å². The van der Waals surface area contributed by atoms with Gasteiger partial charge in [0.1, 0.15) is 0 Å². The first kappa shape index (κ1) is 9.64. The predicted octanol–water partition coefficient (Wildman–Crippen LogP) is 1.66. The molecule has 58 valence electrons. The lowest BCUT2D eigenvalue weighted by Crippen LogP contribution is -2.02. The molecule has 0 fully saturated rings. The van der Waals surface area contributed by atoms with Crippen molar-refractivity contribution in [2.75, 3.05) is 6.61 Å². The second-order valence-corrected chi connectivity index (χ2v) is 2.31. The summed E-state index contributed by atoms with van der Waals surface area (Å²) in [5, 5.41) is 0. The first-order chi connectivity index (χ1) is 4.81. The topological polar surface area (TPSA) is 26.3 Å². The normalized spacial score (nSPS) is 8.90. The van der Waals surface area contributed by atoms with Gasteiger partial charge < -0.3 is 4.74 Å². The second-order valence-electron chi connectivity index (χ2n) is 1.90. The van der Waals surface area contributed by atoms with Crippen molar-refractivity contribution in [1.82, 2.24) is 0 Å². The Kier molecular flexibility index (Phi) is 6.51. The van der Waals surface area contributed by atoms with E-state index in [4.69, 9.17) is 4.74 Å². The Hall–Kier alpha value is -0.360. The van der Waals surface area contributed by atoms with Crippen molar-refractivity contribution in [2.45, 2.75) is 26.2 Å². The van der Waals surface area contributed by atoms with Crippen molar-refractivity contribution in [2.24, 2.45) is 0 Å². The van der Waals surface area contributed by atoms with Gasteiger partial charge in [0.05, 0.1) is 6.61 Å². The highest BCUT2D eigenvalue weighted by atomic mass is 31.0. The third-order valence-corrected chi connectivity index (χ3v) is 1.32. The minimum atomic E-state index is -0.101. The zero-order valence-corrected chi connectivity index (χ0v) is 7.22. The average Bonchev–Trinajstić information content (AvgIpc) is 1.89. The molecule has 0 aliphatic rings. The maximum Gasteiger partial charge on any atom is 0.305 e. The molecule has 0 aliphatic carbocycles. The van der Waals surface area contributed by atoms with E-state index in [2.05, 4.69) is 8.86 Å². The maximum absolute atomic E-state index is 10.7. The van der Waals surface area contributed by atoms with E-state index in [0.717, 1.165) is 12.8 Å². The van der Waals surface area contributed by atoms with Crippen LogP contribution in [0.15, 0.2) is 0 Å². The fourth-order valence-electron chi connectivity index (χ4n) is 0.582. The van der Waals surface area contributed by atoms with E-state index < -0.39 is 0 Å². The van der Waals surface area contributed by atoms with Crippen molar-refractivity contribution >= 4 is 20.6 Å². The summed E-state index contributed by atoms with van der Waals surface area (Å²) in [6.07, 6.45) is 2.30. The highest BCUT2D eigenvalue weighted by Gasteiger charge is 1.98. The number of carbonyl (C=O) groups is 1. The number of esters is 1. The molecule has 10 heavy (non-hydrogen) atoms. The van der Waals surface area contributed by atoms with E-state index >= 15 is 0 Å². The lowest BCUT2D eigenvalue weighted by Gasteiger charge is -1.98. The monoisotopic (exact) mass is 160 g/mol. The zero-order valence-electron chi connectivity index (χ0n) is 6.22. The van der Waals surface area contributed by atoms with Crippen molar-refractivity contribution in [3.05, 3.63) is 0 Å². The summed E-state index contributed by atoms with van der Waals surface area (Å²) in [4.78, 5) is 10.7. The van der Waals surface area contributed by atoms with Crippen molar-refractivity contribution in [3.8, 4) is 0 Å². The van der Waals surface area contributed by atoms with Gasteiger partial charge in [-0.2, -0.15) is 0 Å². The first-order valence-electron chi connectivity index (χ1n) is 3.45. The molecular formula is C7H13O2P. The Morgan fingerprint density at radius 1 is 1.70 bits per heavy atom. The van der Waals surface area contributed by atoms with Crippen LogP contribution in [-0.2, 0) is 9.53 Å². The summed E-state index contributed by atoms with van der Waals surface area (Å²) in [5.41, 5.74) is 0. The number of hydrogen-bond acceptors (Lipinski definition) is 2. The van der Waals surface area contributed by atoms with Gasteiger partial charge in [0.15, 0.2) is 0 Å². The van der Waals surface area contributed by atoms with Crippen LogP contribution in [0.3, 0.4) is 0 Å². The smallest absolute Gasteiger partial charge is 0.305 e. The number of carbonyl (C=O) groups excluding carboxylic acids is 1. The number of rotatable bonds is 5. The van der Waals surface area contributed by atoms with Crippen LogP contribution in [0.25, 0.3) is 0 Å². The molecule has 0 radical (unpaired) electrons. The fraction of sp³-hybridized carbons (Fsp3) is 0.714. The molecule has 0 saturated heterocycles. The van der Waals surface area contributed by atoms with E-state index in [1.54, 1.807) is 0 Å². The fourth-order valence-corrected chi connectivity index (χ4v) is 0.786. The Morgan fingerprint density at radius 3 is 2.90 bits per heavy atom. The summed E-state index contributed by atoms with van der Waals surface area (Å²) in [6.45, 7) is 2.30. The standard InChI is InChI=1S/C7H13O2P/c1-2-9-7(8)5-3-4-6-10/h6,10H,2-5H2,1H3. The highest BCUT2D eigenvalue weighted by Crippen LogP contribution is 1.95. The molecule has 0 saturated carbocycles. The number of ether oxygens (including phenoxy) is 1. The zero-order chi connectivity index (χ0) is 7.82. The van der Waals surface area contributed by atoms with E-state index in [1.807, 2.05) is 12.7 Å². The number of hydrogen-bond donors (Lipinski definition) is 0. The second kappa shape index (κ2) is 6.76. The van der Waals surface area contributed by atoms with Crippen LogP contribution in [0.1, 0.15) is 26.2 Å². The third kappa shape index (κ3) is 5.77. The molecule has 0 heterocycles. The van der Waals surface area contributed by atoms with Gasteiger partial charge in [0.25, 0.3) is 0 Å². The van der Waals surface area contributed by atoms with Crippen LogP contribution in [0.5, 0.6) is 0 Å². The molecule has 3 heteroatoms. The Bertz CT molecular complexity index is 112. The highest BCUT2D eigenvalue weighted by molar-refractivity contribution is 7.18. The van der Waals surface area contributed by atoms with E-state index in [0.29, 0.717) is 13.0 Å². The molecular weight excluding hydrogens is 147 g/mol. The predicted molar refractivity (Wildman–Crippen MR) is 44.9 cm³/mol. The van der Waals surface area contributed by atoms with Gasteiger partial charge in [-0.15, -0.1) is 8.86 Å². The van der Waals surface area contributed by atoms with Crippen LogP contribution >= 0.6 is 8.86 Å². The van der Waals surface area contributed by atoms with Gasteiger partial charge >= 0.3 is 5.97 Å². The molecule has 2 nitrogen and oxygen atoms in total. The molecule has 0 aromatic carbocycles. The Morgan fingerprint density at radius 2 is 2.40 bits per heavy atom. The largest absolute Gasteiger partial charge is 0.466 e. The summed E-state index contributed by atoms with van der Waals surface area (Å²) < 4.78 is 4.72. The molecule has 0 spiro atoms. The molecule has 0 aromatic heterocycles. The molecule has 0 aromatic rings. The van der Waals surface area contributed by atoms with E-state index in [-0.39, 0.29) is 5.97 Å². The van der Waals surface area contributed by atoms with Gasteiger partial charge in [-0.3, -0.25) is 4.79 Å². The minimum absolute atomic E-state index is 0.101. The first-order valence-corrected chi connectivity index (χ1v) is 4.03. The Labute approximate surface area is 63.8 Å². The van der Waals surface area contributed by atoms with Gasteiger partial charge in [0.2, 0.25) is 0 Å². The van der Waals surface area contributed by atoms with Crippen LogP contribution in [0.2, 0.25) is 0 Å². The van der Waals surface area contributed by atoms with Crippen molar-refractivity contribution in [3.63, 3.8) is 0 Å². The molecule has 0 rings (SSSR count). The third-order valence-electron chi connectivity index (χ3n) is 1.03. The molecule has 0 bridgehead atoms. The average molecular weight is 160 g/mol. The SMILES string of the molecule is CCOC(=O)CCCC=P. The van der Waals surface area contributed by atoms with Crippen molar-refractivity contribution in [1.29, 1.82) is 0 Å². The van der Waals surface area contributed by atoms with Gasteiger partial charge in [-0.25, -0.2) is 0 Å². The summed E-state index contributed by atoms with van der Waals surface area (Å²) in [6, 6.07) is 0. The molecule has 0 aliphatic heterocycles. The maximum atomic E-state index is 10.7.